The van der Waals surface area contributed by atoms with Crippen LogP contribution in [-0.2, 0) is 4.79 Å². The monoisotopic (exact) mass is 455 g/mol. The van der Waals surface area contributed by atoms with Crippen LogP contribution in [0.5, 0.6) is 5.75 Å². The predicted octanol–water partition coefficient (Wildman–Crippen LogP) is 4.30. The van der Waals surface area contributed by atoms with Crippen LogP contribution in [0.4, 0.5) is 5.69 Å². The van der Waals surface area contributed by atoms with Crippen molar-refractivity contribution in [2.45, 2.75) is 31.7 Å². The zero-order valence-electron chi connectivity index (χ0n) is 18.4. The molecule has 4 rings (SSSR count). The highest BCUT2D eigenvalue weighted by Crippen LogP contribution is 2.32. The van der Waals surface area contributed by atoms with Gasteiger partial charge in [-0.2, -0.15) is 0 Å². The molecule has 0 aromatic heterocycles. The lowest BCUT2D eigenvalue weighted by Gasteiger charge is -2.40. The third-order valence-corrected chi connectivity index (χ3v) is 6.79. The summed E-state index contributed by atoms with van der Waals surface area (Å²) in [5, 5.41) is 3.72. The second kappa shape index (κ2) is 10.4. The summed E-state index contributed by atoms with van der Waals surface area (Å²) in [4.78, 5) is 30.4. The lowest BCUT2D eigenvalue weighted by molar-refractivity contribution is -0.123. The van der Waals surface area contributed by atoms with Crippen molar-refractivity contribution in [1.82, 2.24) is 9.80 Å². The van der Waals surface area contributed by atoms with Gasteiger partial charge in [0.2, 0.25) is 5.91 Å². The number of anilines is 1. The van der Waals surface area contributed by atoms with E-state index in [0.29, 0.717) is 42.7 Å². The van der Waals surface area contributed by atoms with Gasteiger partial charge in [-0.15, -0.1) is 0 Å². The van der Waals surface area contributed by atoms with E-state index in [1.54, 1.807) is 31.4 Å². The highest BCUT2D eigenvalue weighted by Gasteiger charge is 2.37. The fourth-order valence-electron chi connectivity index (χ4n) is 4.85. The largest absolute Gasteiger partial charge is 0.497 e. The van der Waals surface area contributed by atoms with Gasteiger partial charge in [-0.3, -0.25) is 14.5 Å². The maximum Gasteiger partial charge on any atom is 0.253 e. The Morgan fingerprint density at radius 2 is 1.72 bits per heavy atom. The van der Waals surface area contributed by atoms with Gasteiger partial charge < -0.3 is 15.0 Å². The topological polar surface area (TPSA) is 61.9 Å². The first-order valence-electron chi connectivity index (χ1n) is 11.3. The van der Waals surface area contributed by atoms with Gasteiger partial charge in [0.05, 0.1) is 13.2 Å². The number of rotatable bonds is 6. The zero-order chi connectivity index (χ0) is 22.5. The molecule has 1 atom stereocenters. The van der Waals surface area contributed by atoms with Crippen LogP contribution in [0.15, 0.2) is 48.5 Å². The second-order valence-electron chi connectivity index (χ2n) is 8.55. The summed E-state index contributed by atoms with van der Waals surface area (Å²) in [5.41, 5.74) is 1.39. The molecule has 6 nitrogen and oxygen atoms in total. The summed E-state index contributed by atoms with van der Waals surface area (Å²) in [7, 11) is 1.62. The third kappa shape index (κ3) is 5.25. The van der Waals surface area contributed by atoms with Gasteiger partial charge in [0, 0.05) is 48.5 Å². The number of benzene rings is 2. The maximum absolute atomic E-state index is 13.4. The summed E-state index contributed by atoms with van der Waals surface area (Å²) < 4.78 is 5.28. The average Bonchev–Trinajstić information content (AvgIpc) is 3.34. The molecule has 1 aliphatic heterocycles. The van der Waals surface area contributed by atoms with Crippen molar-refractivity contribution >= 4 is 29.1 Å². The van der Waals surface area contributed by atoms with Crippen LogP contribution in [-0.4, -0.2) is 60.9 Å². The number of carbonyl (C=O) groups is 2. The molecule has 0 radical (unpaired) electrons. The van der Waals surface area contributed by atoms with Gasteiger partial charge >= 0.3 is 0 Å². The number of hydrogen-bond acceptors (Lipinski definition) is 4. The number of amides is 2. The Kier molecular flexibility index (Phi) is 7.33. The molecule has 1 saturated carbocycles. The molecule has 2 fully saturated rings. The average molecular weight is 456 g/mol. The van der Waals surface area contributed by atoms with Crippen LogP contribution < -0.4 is 10.1 Å². The molecule has 1 heterocycles. The minimum atomic E-state index is -0.184. The van der Waals surface area contributed by atoms with Crippen LogP contribution in [0.1, 0.15) is 36.0 Å². The van der Waals surface area contributed by atoms with E-state index in [1.165, 1.54) is 12.8 Å². The molecule has 7 heteroatoms. The first kappa shape index (κ1) is 22.6. The lowest BCUT2D eigenvalue weighted by Crippen LogP contribution is -2.56. The molecule has 32 heavy (non-hydrogen) atoms. The predicted molar refractivity (Wildman–Crippen MR) is 126 cm³/mol. The van der Waals surface area contributed by atoms with Crippen molar-refractivity contribution in [2.24, 2.45) is 5.92 Å². The van der Waals surface area contributed by atoms with E-state index < -0.39 is 0 Å². The van der Waals surface area contributed by atoms with Crippen molar-refractivity contribution in [3.63, 3.8) is 0 Å². The molecule has 1 aliphatic carbocycles. The van der Waals surface area contributed by atoms with Crippen LogP contribution in [0.25, 0.3) is 0 Å². The van der Waals surface area contributed by atoms with Crippen LogP contribution in [0, 0.1) is 5.92 Å². The van der Waals surface area contributed by atoms with E-state index in [2.05, 4.69) is 10.2 Å². The highest BCUT2D eigenvalue weighted by molar-refractivity contribution is 6.30. The standard InChI is InChI=1S/C25H30ClN3O3/c1-32-22-8-4-7-21(17-22)27-24(30)23(18-5-2-3-6-18)28-13-15-29(16-14-28)25(31)19-9-11-20(26)12-10-19/h4,7-12,17-18,23H,2-3,5-6,13-16H2,1H3,(H,27,30)/t23-/m1/s1. The molecule has 2 aliphatic rings. The lowest BCUT2D eigenvalue weighted by atomic mass is 9.94. The molecule has 0 bridgehead atoms. The first-order valence-corrected chi connectivity index (χ1v) is 11.7. The first-order chi connectivity index (χ1) is 15.5. The fraction of sp³-hybridized carbons (Fsp3) is 0.440. The van der Waals surface area contributed by atoms with Crippen molar-refractivity contribution < 1.29 is 14.3 Å². The summed E-state index contributed by atoms with van der Waals surface area (Å²) in [6, 6.07) is 14.3. The number of halogens is 1. The van der Waals surface area contributed by atoms with Crippen molar-refractivity contribution in [3.8, 4) is 5.75 Å². The molecular formula is C25H30ClN3O3. The molecule has 170 valence electrons. The van der Waals surface area contributed by atoms with Crippen molar-refractivity contribution in [1.29, 1.82) is 0 Å². The molecule has 0 unspecified atom stereocenters. The number of nitrogens with zero attached hydrogens (tertiary/aromatic N) is 2. The summed E-state index contributed by atoms with van der Waals surface area (Å²) >= 11 is 5.95. The fourth-order valence-corrected chi connectivity index (χ4v) is 4.97. The maximum atomic E-state index is 13.4. The Labute approximate surface area is 194 Å². The van der Waals surface area contributed by atoms with Crippen molar-refractivity contribution in [3.05, 3.63) is 59.1 Å². The Morgan fingerprint density at radius 1 is 1.03 bits per heavy atom. The van der Waals surface area contributed by atoms with E-state index in [0.717, 1.165) is 24.3 Å². The van der Waals surface area contributed by atoms with E-state index >= 15 is 0 Å². The van der Waals surface area contributed by atoms with E-state index in [-0.39, 0.29) is 17.9 Å². The van der Waals surface area contributed by atoms with Crippen LogP contribution in [0.2, 0.25) is 5.02 Å². The van der Waals surface area contributed by atoms with E-state index in [9.17, 15) is 9.59 Å². The number of nitrogens with one attached hydrogen (secondary N) is 1. The minimum absolute atomic E-state index is 0.0135. The Balaban J connectivity index is 1.43. The Bertz CT molecular complexity index is 936. The SMILES string of the molecule is COc1cccc(NC(=O)[C@@H](C2CCCC2)N2CCN(C(=O)c3ccc(Cl)cc3)CC2)c1. The van der Waals surface area contributed by atoms with E-state index in [4.69, 9.17) is 16.3 Å². The quantitative estimate of drug-likeness (QED) is 0.705. The summed E-state index contributed by atoms with van der Waals surface area (Å²) in [6.45, 7) is 2.59. The number of ether oxygens (including phenoxy) is 1. The van der Waals surface area contributed by atoms with Crippen LogP contribution in [0.3, 0.4) is 0 Å². The molecule has 1 saturated heterocycles. The second-order valence-corrected chi connectivity index (χ2v) is 8.98. The van der Waals surface area contributed by atoms with Gasteiger partial charge in [0.1, 0.15) is 5.75 Å². The highest BCUT2D eigenvalue weighted by atomic mass is 35.5. The molecule has 2 aromatic carbocycles. The van der Waals surface area contributed by atoms with Gasteiger partial charge in [0.25, 0.3) is 5.91 Å². The van der Waals surface area contributed by atoms with Gasteiger partial charge in [-0.25, -0.2) is 0 Å². The molecule has 1 N–H and O–H groups in total. The molecule has 2 amide bonds. The number of piperazine rings is 1. The smallest absolute Gasteiger partial charge is 0.253 e. The molecular weight excluding hydrogens is 426 g/mol. The Morgan fingerprint density at radius 3 is 2.38 bits per heavy atom. The number of methoxy groups -OCH3 is 1. The Hall–Kier alpha value is -2.57. The zero-order valence-corrected chi connectivity index (χ0v) is 19.2. The van der Waals surface area contributed by atoms with Gasteiger partial charge in [0.15, 0.2) is 0 Å². The van der Waals surface area contributed by atoms with Gasteiger partial charge in [-0.05, 0) is 55.2 Å². The number of carbonyl (C=O) groups excluding carboxylic acids is 2. The van der Waals surface area contributed by atoms with Crippen LogP contribution >= 0.6 is 11.6 Å². The van der Waals surface area contributed by atoms with Gasteiger partial charge in [-0.1, -0.05) is 30.5 Å². The minimum Gasteiger partial charge on any atom is -0.497 e. The normalized spacial score (nSPS) is 18.4. The molecule has 2 aromatic rings. The van der Waals surface area contributed by atoms with E-state index in [1.807, 2.05) is 29.2 Å². The summed E-state index contributed by atoms with van der Waals surface area (Å²) in [6.07, 6.45) is 4.48. The van der Waals surface area contributed by atoms with Crippen molar-refractivity contribution in [2.75, 3.05) is 38.6 Å². The third-order valence-electron chi connectivity index (χ3n) is 6.54. The number of hydrogen-bond donors (Lipinski definition) is 1. The summed E-state index contributed by atoms with van der Waals surface area (Å²) in [5.74, 6) is 1.11. The molecule has 0 spiro atoms.